The Balaban J connectivity index is 2.73. The fraction of sp³-hybridized carbons (Fsp3) is 0.529. The molecule has 25 heavy (non-hydrogen) atoms. The largest absolute Gasteiger partial charge is 0.478 e. The van der Waals surface area contributed by atoms with Crippen LogP contribution in [-0.2, 0) is 4.74 Å². The van der Waals surface area contributed by atoms with Gasteiger partial charge in [-0.2, -0.15) is 0 Å². The lowest BCUT2D eigenvalue weighted by atomic mass is 9.95. The molecule has 0 aromatic heterocycles. The van der Waals surface area contributed by atoms with Gasteiger partial charge < -0.3 is 31.1 Å². The third-order valence-corrected chi connectivity index (χ3v) is 3.38. The van der Waals surface area contributed by atoms with Crippen molar-refractivity contribution in [1.82, 2.24) is 5.32 Å². The van der Waals surface area contributed by atoms with Crippen molar-refractivity contribution in [3.63, 3.8) is 0 Å². The highest BCUT2D eigenvalue weighted by Gasteiger charge is 2.24. The van der Waals surface area contributed by atoms with E-state index in [1.165, 1.54) is 12.1 Å². The zero-order valence-electron chi connectivity index (χ0n) is 14.9. The van der Waals surface area contributed by atoms with Gasteiger partial charge in [-0.1, -0.05) is 6.07 Å². The summed E-state index contributed by atoms with van der Waals surface area (Å²) in [6.45, 7) is 6.92. The number of rotatable bonds is 6. The van der Waals surface area contributed by atoms with Gasteiger partial charge >= 0.3 is 12.1 Å². The van der Waals surface area contributed by atoms with Gasteiger partial charge in [0.05, 0.1) is 17.4 Å². The minimum atomic E-state index is -1.38. The van der Waals surface area contributed by atoms with Gasteiger partial charge in [-0.05, 0) is 45.7 Å². The topological polar surface area (TPSA) is 142 Å². The lowest BCUT2D eigenvalue weighted by Gasteiger charge is -2.22. The minimum absolute atomic E-state index is 0.0379. The highest BCUT2D eigenvalue weighted by Crippen LogP contribution is 2.29. The summed E-state index contributed by atoms with van der Waals surface area (Å²) in [6, 6.07) is 2.92. The van der Waals surface area contributed by atoms with E-state index in [1.807, 2.05) is 0 Å². The summed E-state index contributed by atoms with van der Waals surface area (Å²) in [5.41, 5.74) is 5.68. The van der Waals surface area contributed by atoms with E-state index in [9.17, 15) is 19.8 Å². The molecule has 0 saturated carbocycles. The molecule has 140 valence electrons. The molecule has 8 nitrogen and oxygen atoms in total. The fourth-order valence-corrected chi connectivity index (χ4v) is 2.25. The first-order valence-corrected chi connectivity index (χ1v) is 7.88. The Hall–Kier alpha value is -2.32. The standard InChI is InChI=1S/C17H26N2O6/c1-9-7-10(13(18)11(8-9)15(22)23)14(21)12(20)5-6-19-16(24)25-17(2,3)4/h7-8,12,14,20-21H,5-6,18H2,1-4H3,(H,19,24)(H,22,23). The first-order chi connectivity index (χ1) is 11.4. The maximum Gasteiger partial charge on any atom is 0.407 e. The van der Waals surface area contributed by atoms with E-state index in [4.69, 9.17) is 15.6 Å². The number of benzene rings is 1. The summed E-state index contributed by atoms with van der Waals surface area (Å²) in [7, 11) is 0. The van der Waals surface area contributed by atoms with Gasteiger partial charge in [0, 0.05) is 12.1 Å². The molecular formula is C17H26N2O6. The van der Waals surface area contributed by atoms with Crippen LogP contribution in [-0.4, -0.2) is 45.6 Å². The van der Waals surface area contributed by atoms with Crippen molar-refractivity contribution >= 4 is 17.7 Å². The number of anilines is 1. The Morgan fingerprint density at radius 2 is 1.88 bits per heavy atom. The average Bonchev–Trinajstić information content (AvgIpc) is 2.46. The normalized spacial score (nSPS) is 13.8. The number of carboxylic acids is 1. The molecular weight excluding hydrogens is 328 g/mol. The lowest BCUT2D eigenvalue weighted by molar-refractivity contribution is 0.0126. The van der Waals surface area contributed by atoms with Crippen LogP contribution in [0.25, 0.3) is 0 Å². The number of carbonyl (C=O) groups excluding carboxylic acids is 1. The van der Waals surface area contributed by atoms with E-state index in [1.54, 1.807) is 27.7 Å². The molecule has 2 unspecified atom stereocenters. The number of aliphatic hydroxyl groups is 2. The van der Waals surface area contributed by atoms with Gasteiger partial charge in [0.2, 0.25) is 0 Å². The van der Waals surface area contributed by atoms with Crippen LogP contribution in [0.3, 0.4) is 0 Å². The number of aryl methyl sites for hydroxylation is 1. The number of nitrogens with two attached hydrogens (primary N) is 1. The Morgan fingerprint density at radius 1 is 1.28 bits per heavy atom. The molecule has 1 amide bonds. The second kappa shape index (κ2) is 8.17. The van der Waals surface area contributed by atoms with Crippen LogP contribution < -0.4 is 11.1 Å². The first-order valence-electron chi connectivity index (χ1n) is 7.88. The Kier molecular flexibility index (Phi) is 6.78. The number of nitrogens with one attached hydrogen (secondary N) is 1. The predicted molar refractivity (Wildman–Crippen MR) is 92.4 cm³/mol. The van der Waals surface area contributed by atoms with E-state index in [2.05, 4.69) is 5.32 Å². The lowest BCUT2D eigenvalue weighted by Crippen LogP contribution is -2.34. The number of alkyl carbamates (subject to hydrolysis) is 1. The zero-order chi connectivity index (χ0) is 19.4. The molecule has 0 radical (unpaired) electrons. The van der Waals surface area contributed by atoms with Crippen LogP contribution in [0.15, 0.2) is 12.1 Å². The van der Waals surface area contributed by atoms with Crippen LogP contribution in [0, 0.1) is 6.92 Å². The summed E-state index contributed by atoms with van der Waals surface area (Å²) >= 11 is 0. The molecule has 1 aromatic rings. The van der Waals surface area contributed by atoms with Gasteiger partial charge in [-0.3, -0.25) is 0 Å². The number of hydrogen-bond donors (Lipinski definition) is 5. The molecule has 0 saturated heterocycles. The summed E-state index contributed by atoms with van der Waals surface area (Å²) in [5.74, 6) is -1.21. The smallest absolute Gasteiger partial charge is 0.407 e. The van der Waals surface area contributed by atoms with E-state index in [0.29, 0.717) is 5.56 Å². The maximum atomic E-state index is 11.5. The summed E-state index contributed by atoms with van der Waals surface area (Å²) in [4.78, 5) is 22.7. The molecule has 0 aliphatic rings. The van der Waals surface area contributed by atoms with Crippen LogP contribution in [0.4, 0.5) is 10.5 Å². The van der Waals surface area contributed by atoms with Crippen molar-refractivity contribution in [3.8, 4) is 0 Å². The molecule has 0 spiro atoms. The fourth-order valence-electron chi connectivity index (χ4n) is 2.25. The van der Waals surface area contributed by atoms with Crippen LogP contribution >= 0.6 is 0 Å². The van der Waals surface area contributed by atoms with E-state index in [0.717, 1.165) is 0 Å². The molecule has 6 N–H and O–H groups in total. The second-order valence-corrected chi connectivity index (χ2v) is 6.85. The van der Waals surface area contributed by atoms with Gasteiger partial charge in [-0.25, -0.2) is 9.59 Å². The summed E-state index contributed by atoms with van der Waals surface area (Å²) in [5, 5.41) is 32.0. The molecule has 0 aliphatic heterocycles. The minimum Gasteiger partial charge on any atom is -0.478 e. The number of nitrogen functional groups attached to an aromatic ring is 1. The van der Waals surface area contributed by atoms with Crippen molar-refractivity contribution in [3.05, 3.63) is 28.8 Å². The molecule has 0 aliphatic carbocycles. The number of aliphatic hydroxyl groups excluding tert-OH is 2. The van der Waals surface area contributed by atoms with Crippen LogP contribution in [0.2, 0.25) is 0 Å². The number of hydrogen-bond acceptors (Lipinski definition) is 6. The van der Waals surface area contributed by atoms with E-state index in [-0.39, 0.29) is 29.8 Å². The second-order valence-electron chi connectivity index (χ2n) is 6.85. The molecule has 8 heteroatoms. The number of carbonyl (C=O) groups is 2. The van der Waals surface area contributed by atoms with Crippen molar-refractivity contribution < 1.29 is 29.6 Å². The third kappa shape index (κ3) is 6.24. The summed E-state index contributed by atoms with van der Waals surface area (Å²) in [6.07, 6.45) is -3.20. The molecule has 0 fully saturated rings. The van der Waals surface area contributed by atoms with E-state index >= 15 is 0 Å². The van der Waals surface area contributed by atoms with Gasteiger partial charge in [-0.15, -0.1) is 0 Å². The van der Waals surface area contributed by atoms with Crippen molar-refractivity contribution in [2.45, 2.75) is 51.9 Å². The van der Waals surface area contributed by atoms with Crippen molar-refractivity contribution in [2.75, 3.05) is 12.3 Å². The number of ether oxygens (including phenoxy) is 1. The van der Waals surface area contributed by atoms with Crippen molar-refractivity contribution in [1.29, 1.82) is 0 Å². The SMILES string of the molecule is Cc1cc(C(=O)O)c(N)c(C(O)C(O)CCNC(=O)OC(C)(C)C)c1. The molecule has 1 aromatic carbocycles. The number of amides is 1. The maximum absolute atomic E-state index is 11.5. The Bertz CT molecular complexity index is 639. The number of carboxylic acid groups (broad SMARTS) is 1. The third-order valence-electron chi connectivity index (χ3n) is 3.38. The highest BCUT2D eigenvalue weighted by molar-refractivity contribution is 5.94. The zero-order valence-corrected chi connectivity index (χ0v) is 14.9. The van der Waals surface area contributed by atoms with Crippen LogP contribution in [0.1, 0.15) is 54.8 Å². The molecule has 2 atom stereocenters. The van der Waals surface area contributed by atoms with Gasteiger partial charge in [0.1, 0.15) is 11.7 Å². The Morgan fingerprint density at radius 3 is 2.40 bits per heavy atom. The van der Waals surface area contributed by atoms with Gasteiger partial charge in [0.25, 0.3) is 0 Å². The first kappa shape index (κ1) is 20.7. The highest BCUT2D eigenvalue weighted by atomic mass is 16.6. The Labute approximate surface area is 146 Å². The average molecular weight is 354 g/mol. The van der Waals surface area contributed by atoms with E-state index < -0.39 is 29.9 Å². The molecule has 0 heterocycles. The monoisotopic (exact) mass is 354 g/mol. The van der Waals surface area contributed by atoms with Crippen LogP contribution in [0.5, 0.6) is 0 Å². The molecule has 0 bridgehead atoms. The van der Waals surface area contributed by atoms with Crippen molar-refractivity contribution in [2.24, 2.45) is 0 Å². The molecule has 1 rings (SSSR count). The summed E-state index contributed by atoms with van der Waals surface area (Å²) < 4.78 is 5.06. The number of aromatic carboxylic acids is 1. The quantitative estimate of drug-likeness (QED) is 0.488. The predicted octanol–water partition coefficient (Wildman–Crippen LogP) is 1.58. The van der Waals surface area contributed by atoms with Gasteiger partial charge in [0.15, 0.2) is 0 Å².